The molecule has 5 rings (SSSR count). The number of amides is 1. The fraction of sp³-hybridized carbons (Fsp3) is 0.433. The van der Waals surface area contributed by atoms with Crippen molar-refractivity contribution in [2.45, 2.75) is 37.7 Å². The van der Waals surface area contributed by atoms with Crippen LogP contribution in [0.4, 0.5) is 0 Å². The number of hydrogen-bond donors (Lipinski definition) is 1. The molecule has 0 spiro atoms. The molecule has 1 aromatic heterocycles. The summed E-state index contributed by atoms with van der Waals surface area (Å²) in [6, 6.07) is 17.6. The summed E-state index contributed by atoms with van der Waals surface area (Å²) >= 11 is 14.0. The van der Waals surface area contributed by atoms with E-state index in [4.69, 9.17) is 23.2 Å². The van der Waals surface area contributed by atoms with Crippen LogP contribution in [0.1, 0.15) is 46.7 Å². The Balaban J connectivity index is 0.00000336. The normalized spacial score (nSPS) is 21.3. The monoisotopic (exact) mass is 783 g/mol. The summed E-state index contributed by atoms with van der Waals surface area (Å²) in [6.07, 6.45) is 3.56. The van der Waals surface area contributed by atoms with E-state index in [0.717, 1.165) is 58.4 Å². The average molecular weight is 785 g/mol. The average Bonchev–Trinajstić information content (AvgIpc) is 3.57. The van der Waals surface area contributed by atoms with Crippen LogP contribution in [0.3, 0.4) is 0 Å². The number of likely N-dealkylation sites (tertiary alicyclic amines) is 2. The van der Waals surface area contributed by atoms with Crippen molar-refractivity contribution in [1.29, 1.82) is 0 Å². The van der Waals surface area contributed by atoms with Crippen molar-refractivity contribution < 1.29 is 54.0 Å². The summed E-state index contributed by atoms with van der Waals surface area (Å²) in [5, 5.41) is 15.9. The Morgan fingerprint density at radius 2 is 1.79 bits per heavy atom. The van der Waals surface area contributed by atoms with Gasteiger partial charge in [-0.15, -0.1) is 0 Å². The van der Waals surface area contributed by atoms with Gasteiger partial charge in [0.25, 0.3) is 5.91 Å². The van der Waals surface area contributed by atoms with Gasteiger partial charge in [0.05, 0.1) is 16.1 Å². The maximum atomic E-state index is 13.3. The third kappa shape index (κ3) is 7.85. The first-order valence-corrected chi connectivity index (χ1v) is 14.9. The van der Waals surface area contributed by atoms with Crippen molar-refractivity contribution in [1.82, 2.24) is 9.80 Å². The molecule has 2 aliphatic heterocycles. The van der Waals surface area contributed by atoms with Gasteiger partial charge in [0, 0.05) is 75.2 Å². The second-order valence-corrected chi connectivity index (χ2v) is 12.2. The quantitative estimate of drug-likeness (QED) is 0.280. The Kier molecular flexibility index (Phi) is 11.6. The predicted octanol–water partition coefficient (Wildman–Crippen LogP) is 6.62. The van der Waals surface area contributed by atoms with Crippen LogP contribution in [0.2, 0.25) is 10.0 Å². The number of rotatable bonds is 8. The number of hydrogen-bond acceptors (Lipinski definition) is 4. The molecule has 0 bridgehead atoms. The van der Waals surface area contributed by atoms with Gasteiger partial charge in [-0.25, -0.2) is 0 Å². The van der Waals surface area contributed by atoms with E-state index in [1.807, 2.05) is 23.1 Å². The number of nitrogens with zero attached hydrogens (tertiary/aromatic N) is 2. The van der Waals surface area contributed by atoms with Gasteiger partial charge in [-0.1, -0.05) is 53.5 Å². The zero-order valence-corrected chi connectivity index (χ0v) is 28.6. The fourth-order valence-corrected chi connectivity index (χ4v) is 7.01. The van der Waals surface area contributed by atoms with E-state index in [1.54, 1.807) is 29.5 Å². The number of benzene rings is 2. The van der Waals surface area contributed by atoms with E-state index < -0.39 is 0 Å². The van der Waals surface area contributed by atoms with E-state index in [0.29, 0.717) is 33.4 Å². The van der Waals surface area contributed by atoms with Crippen LogP contribution in [-0.4, -0.2) is 59.6 Å². The topological polar surface area (TPSA) is 43.8 Å². The maximum Gasteiger partial charge on any atom is 0.253 e. The summed E-state index contributed by atoms with van der Waals surface area (Å²) < 4.78 is 0. The fourth-order valence-electron chi connectivity index (χ4n) is 5.99. The summed E-state index contributed by atoms with van der Waals surface area (Å²) in [5.74, 6) is 1.32. The molecular formula is C30H34AcCl2N2O2S. The zero-order valence-electron chi connectivity index (χ0n) is 21.5. The van der Waals surface area contributed by atoms with Gasteiger partial charge in [-0.3, -0.25) is 4.79 Å². The molecule has 3 aromatic rings. The summed E-state index contributed by atoms with van der Waals surface area (Å²) in [6.45, 7) is 4.57. The summed E-state index contributed by atoms with van der Waals surface area (Å²) in [7, 11) is 0. The molecule has 3 unspecified atom stereocenters. The molecule has 8 heteroatoms. The van der Waals surface area contributed by atoms with Crippen molar-refractivity contribution in [3.63, 3.8) is 0 Å². The molecule has 1 amide bonds. The van der Waals surface area contributed by atoms with Gasteiger partial charge in [-0.05, 0) is 96.8 Å². The molecule has 4 nitrogen and oxygen atoms in total. The SMILES string of the molecule is O=C(c1ccc(Cl)c(Cl)c1)N1CC(CN2CCC(CC(O)Cc3ccccc3)CC2)C(c2ccsc2)C1.[Ac]. The first-order valence-electron chi connectivity index (χ1n) is 13.2. The third-order valence-corrected chi connectivity index (χ3v) is 9.43. The second-order valence-electron chi connectivity index (χ2n) is 10.6. The molecule has 2 fully saturated rings. The molecular weight excluding hydrogens is 750 g/mol. The predicted molar refractivity (Wildman–Crippen MR) is 153 cm³/mol. The molecule has 0 aliphatic carbocycles. The van der Waals surface area contributed by atoms with Crippen LogP contribution in [-0.2, 0) is 6.42 Å². The van der Waals surface area contributed by atoms with Crippen LogP contribution in [0, 0.1) is 55.9 Å². The van der Waals surface area contributed by atoms with E-state index in [2.05, 4.69) is 33.9 Å². The molecule has 1 N–H and O–H groups in total. The third-order valence-electron chi connectivity index (χ3n) is 7.99. The maximum absolute atomic E-state index is 13.3. The zero-order chi connectivity index (χ0) is 25.8. The Morgan fingerprint density at radius 1 is 1.03 bits per heavy atom. The number of halogens is 2. The molecule has 1 radical (unpaired) electrons. The van der Waals surface area contributed by atoms with E-state index in [9.17, 15) is 9.90 Å². The largest absolute Gasteiger partial charge is 0.393 e. The minimum atomic E-state index is -0.280. The standard InChI is InChI=1S/C30H34Cl2N2O2S.Ac/c31-28-7-6-23(16-29(28)32)30(36)34-18-25(27(19-34)24-10-13-37-20-24)17-33-11-8-22(9-12-33)15-26(35)14-21-4-2-1-3-5-21;/h1-7,10,13,16,20,22,25-27,35H,8-9,11-12,14-15,17-19H2;. The minimum absolute atomic E-state index is 0. The second kappa shape index (κ2) is 14.4. The van der Waals surface area contributed by atoms with Crippen LogP contribution in [0.25, 0.3) is 0 Å². The van der Waals surface area contributed by atoms with Crippen molar-refractivity contribution >= 4 is 40.4 Å². The number of carbonyl (C=O) groups excluding carboxylic acids is 1. The van der Waals surface area contributed by atoms with E-state index in [1.165, 1.54) is 11.1 Å². The first-order chi connectivity index (χ1) is 18.0. The Bertz CT molecular complexity index is 1170. The summed E-state index contributed by atoms with van der Waals surface area (Å²) in [5.41, 5.74) is 3.13. The van der Waals surface area contributed by atoms with Crippen LogP contribution < -0.4 is 0 Å². The van der Waals surface area contributed by atoms with Gasteiger partial charge < -0.3 is 14.9 Å². The molecule has 0 saturated carbocycles. The smallest absolute Gasteiger partial charge is 0.253 e. The number of carbonyl (C=O) groups is 1. The molecule has 3 atom stereocenters. The first kappa shape index (κ1) is 30.5. The molecule has 2 saturated heterocycles. The van der Waals surface area contributed by atoms with Crippen molar-refractivity contribution in [3.05, 3.63) is 92.1 Å². The summed E-state index contributed by atoms with van der Waals surface area (Å²) in [4.78, 5) is 17.9. The van der Waals surface area contributed by atoms with Crippen LogP contribution in [0.15, 0.2) is 65.4 Å². The van der Waals surface area contributed by atoms with Crippen LogP contribution in [0.5, 0.6) is 0 Å². The molecule has 2 aliphatic rings. The van der Waals surface area contributed by atoms with Gasteiger partial charge in [-0.2, -0.15) is 11.3 Å². The number of aliphatic hydroxyl groups excluding tert-OH is 1. The van der Waals surface area contributed by atoms with Crippen molar-refractivity contribution in [2.75, 3.05) is 32.7 Å². The Labute approximate surface area is 275 Å². The Hall–Kier alpha value is -0.448. The van der Waals surface area contributed by atoms with E-state index >= 15 is 0 Å². The van der Waals surface area contributed by atoms with Crippen LogP contribution >= 0.6 is 34.5 Å². The number of piperidine rings is 1. The number of thiophene rings is 1. The van der Waals surface area contributed by atoms with Crippen molar-refractivity contribution in [3.8, 4) is 0 Å². The van der Waals surface area contributed by atoms with Gasteiger partial charge in [0.15, 0.2) is 0 Å². The van der Waals surface area contributed by atoms with E-state index in [-0.39, 0.29) is 56.1 Å². The minimum Gasteiger partial charge on any atom is -0.393 e. The van der Waals surface area contributed by atoms with Gasteiger partial charge in [0.2, 0.25) is 0 Å². The van der Waals surface area contributed by atoms with Gasteiger partial charge >= 0.3 is 0 Å². The molecule has 199 valence electrons. The van der Waals surface area contributed by atoms with Gasteiger partial charge in [0.1, 0.15) is 0 Å². The molecule has 38 heavy (non-hydrogen) atoms. The molecule has 3 heterocycles. The Morgan fingerprint density at radius 3 is 2.47 bits per heavy atom. The molecule has 2 aromatic carbocycles. The van der Waals surface area contributed by atoms with Crippen molar-refractivity contribution in [2.24, 2.45) is 11.8 Å². The number of aliphatic hydroxyl groups is 1.